The maximum absolute atomic E-state index is 3.69. The van der Waals surface area contributed by atoms with Crippen molar-refractivity contribution in [2.75, 3.05) is 19.6 Å². The van der Waals surface area contributed by atoms with E-state index < -0.39 is 0 Å². The number of hydrogen-bond donors (Lipinski definition) is 1. The zero-order chi connectivity index (χ0) is 13.0. The van der Waals surface area contributed by atoms with E-state index in [1.807, 2.05) is 11.3 Å². The van der Waals surface area contributed by atoms with Gasteiger partial charge in [0.1, 0.15) is 0 Å². The summed E-state index contributed by atoms with van der Waals surface area (Å²) in [6.07, 6.45) is 2.48. The molecular formula is C15H26N2S. The summed E-state index contributed by atoms with van der Waals surface area (Å²) in [7, 11) is 0. The fourth-order valence-corrected chi connectivity index (χ4v) is 3.82. The summed E-state index contributed by atoms with van der Waals surface area (Å²) in [4.78, 5) is 4.21. The van der Waals surface area contributed by atoms with Crippen molar-refractivity contribution in [3.8, 4) is 0 Å². The van der Waals surface area contributed by atoms with Crippen LogP contribution >= 0.6 is 11.3 Å². The van der Waals surface area contributed by atoms with Crippen LogP contribution in [0.2, 0.25) is 0 Å². The van der Waals surface area contributed by atoms with Gasteiger partial charge in [0, 0.05) is 36.6 Å². The Morgan fingerprint density at radius 1 is 1.44 bits per heavy atom. The first-order valence-electron chi connectivity index (χ1n) is 7.27. The lowest BCUT2D eigenvalue weighted by Crippen LogP contribution is -2.53. The van der Waals surface area contributed by atoms with Crippen molar-refractivity contribution in [3.63, 3.8) is 0 Å². The van der Waals surface area contributed by atoms with E-state index in [0.29, 0.717) is 12.1 Å². The minimum atomic E-state index is 0.624. The van der Waals surface area contributed by atoms with Crippen molar-refractivity contribution < 1.29 is 0 Å². The van der Waals surface area contributed by atoms with Gasteiger partial charge in [-0.2, -0.15) is 0 Å². The van der Waals surface area contributed by atoms with Crippen LogP contribution in [0.3, 0.4) is 0 Å². The third-order valence-electron chi connectivity index (χ3n) is 4.27. The van der Waals surface area contributed by atoms with Crippen LogP contribution < -0.4 is 5.32 Å². The average Bonchev–Trinajstić information content (AvgIpc) is 2.93. The first kappa shape index (κ1) is 14.0. The molecule has 0 radical (unpaired) electrons. The molecule has 2 heterocycles. The van der Waals surface area contributed by atoms with Crippen LogP contribution in [0.4, 0.5) is 0 Å². The van der Waals surface area contributed by atoms with Gasteiger partial charge in [-0.1, -0.05) is 33.3 Å². The molecule has 3 heteroatoms. The maximum atomic E-state index is 3.69. The minimum absolute atomic E-state index is 0.624. The summed E-state index contributed by atoms with van der Waals surface area (Å²) in [5.41, 5.74) is 0. The van der Waals surface area contributed by atoms with Crippen LogP contribution in [0.15, 0.2) is 17.5 Å². The van der Waals surface area contributed by atoms with Crippen LogP contribution in [0.25, 0.3) is 0 Å². The van der Waals surface area contributed by atoms with E-state index in [-0.39, 0.29) is 0 Å². The summed E-state index contributed by atoms with van der Waals surface area (Å²) in [5, 5.41) is 5.89. The molecule has 1 aromatic heterocycles. The third-order valence-corrected chi connectivity index (χ3v) is 5.24. The number of hydrogen-bond acceptors (Lipinski definition) is 3. The summed E-state index contributed by atoms with van der Waals surface area (Å²) >= 11 is 1.90. The molecular weight excluding hydrogens is 240 g/mol. The first-order valence-corrected chi connectivity index (χ1v) is 8.15. The molecule has 1 aliphatic rings. The van der Waals surface area contributed by atoms with Crippen LogP contribution in [0.1, 0.15) is 44.5 Å². The number of piperazine rings is 1. The highest BCUT2D eigenvalue weighted by Gasteiger charge is 2.28. The van der Waals surface area contributed by atoms with E-state index in [0.717, 1.165) is 12.5 Å². The molecule has 3 atom stereocenters. The molecule has 0 aromatic carbocycles. The Labute approximate surface area is 115 Å². The van der Waals surface area contributed by atoms with Crippen LogP contribution in [-0.4, -0.2) is 30.6 Å². The van der Waals surface area contributed by atoms with Gasteiger partial charge >= 0.3 is 0 Å². The lowest BCUT2D eigenvalue weighted by Gasteiger charge is -2.40. The highest BCUT2D eigenvalue weighted by molar-refractivity contribution is 7.10. The summed E-state index contributed by atoms with van der Waals surface area (Å²) in [6.45, 7) is 10.5. The van der Waals surface area contributed by atoms with Crippen LogP contribution in [-0.2, 0) is 0 Å². The monoisotopic (exact) mass is 266 g/mol. The van der Waals surface area contributed by atoms with Crippen molar-refractivity contribution in [2.45, 2.75) is 45.7 Å². The summed E-state index contributed by atoms with van der Waals surface area (Å²) in [5.74, 6) is 0.772. The van der Waals surface area contributed by atoms with E-state index in [2.05, 4.69) is 48.5 Å². The smallest absolute Gasteiger partial charge is 0.0440 e. The molecule has 2 nitrogen and oxygen atoms in total. The van der Waals surface area contributed by atoms with E-state index in [1.165, 1.54) is 30.8 Å². The van der Waals surface area contributed by atoms with E-state index in [1.54, 1.807) is 0 Å². The fourth-order valence-electron chi connectivity index (χ4n) is 2.87. The number of thiophene rings is 1. The Balaban J connectivity index is 2.03. The van der Waals surface area contributed by atoms with Crippen molar-refractivity contribution in [2.24, 2.45) is 5.92 Å². The molecule has 1 aliphatic heterocycles. The van der Waals surface area contributed by atoms with Gasteiger partial charge in [-0.15, -0.1) is 11.3 Å². The highest BCUT2D eigenvalue weighted by Crippen LogP contribution is 2.29. The third kappa shape index (κ3) is 3.14. The maximum Gasteiger partial charge on any atom is 0.0440 e. The molecule has 1 aromatic rings. The van der Waals surface area contributed by atoms with E-state index >= 15 is 0 Å². The van der Waals surface area contributed by atoms with Gasteiger partial charge in [-0.3, -0.25) is 4.90 Å². The fraction of sp³-hybridized carbons (Fsp3) is 0.733. The minimum Gasteiger partial charge on any atom is -0.311 e. The van der Waals surface area contributed by atoms with Gasteiger partial charge < -0.3 is 5.32 Å². The predicted octanol–water partition coefficient (Wildman–Crippen LogP) is 3.52. The van der Waals surface area contributed by atoms with Gasteiger partial charge in [-0.25, -0.2) is 0 Å². The van der Waals surface area contributed by atoms with Gasteiger partial charge in [-0.05, 0) is 23.8 Å². The zero-order valence-corrected chi connectivity index (χ0v) is 12.7. The largest absolute Gasteiger partial charge is 0.311 e. The molecule has 0 spiro atoms. The Hall–Kier alpha value is -0.380. The molecule has 1 N–H and O–H groups in total. The first-order chi connectivity index (χ1) is 8.76. The van der Waals surface area contributed by atoms with Crippen molar-refractivity contribution >= 4 is 11.3 Å². The van der Waals surface area contributed by atoms with Gasteiger partial charge in [0.25, 0.3) is 0 Å². The molecule has 1 saturated heterocycles. The molecule has 2 rings (SSSR count). The lowest BCUT2D eigenvalue weighted by molar-refractivity contribution is 0.121. The van der Waals surface area contributed by atoms with E-state index in [4.69, 9.17) is 0 Å². The molecule has 18 heavy (non-hydrogen) atoms. The average molecular weight is 266 g/mol. The number of rotatable bonds is 5. The second kappa shape index (κ2) is 6.69. The molecule has 102 valence electrons. The molecule has 1 fully saturated rings. The van der Waals surface area contributed by atoms with Crippen LogP contribution in [0, 0.1) is 5.92 Å². The Morgan fingerprint density at radius 3 is 2.89 bits per heavy atom. The van der Waals surface area contributed by atoms with Crippen molar-refractivity contribution in [1.29, 1.82) is 0 Å². The summed E-state index contributed by atoms with van der Waals surface area (Å²) < 4.78 is 0. The Kier molecular flexibility index (Phi) is 5.22. The molecule has 0 saturated carbocycles. The van der Waals surface area contributed by atoms with Crippen molar-refractivity contribution in [1.82, 2.24) is 10.2 Å². The van der Waals surface area contributed by atoms with Crippen molar-refractivity contribution in [3.05, 3.63) is 22.4 Å². The molecule has 0 amide bonds. The highest BCUT2D eigenvalue weighted by atomic mass is 32.1. The zero-order valence-electron chi connectivity index (χ0n) is 11.9. The van der Waals surface area contributed by atoms with Gasteiger partial charge in [0.15, 0.2) is 0 Å². The van der Waals surface area contributed by atoms with Gasteiger partial charge in [0.2, 0.25) is 0 Å². The lowest BCUT2D eigenvalue weighted by atomic mass is 9.96. The van der Waals surface area contributed by atoms with Crippen LogP contribution in [0.5, 0.6) is 0 Å². The molecule has 0 aliphatic carbocycles. The number of nitrogens with zero attached hydrogens (tertiary/aromatic N) is 1. The van der Waals surface area contributed by atoms with Gasteiger partial charge in [0.05, 0.1) is 0 Å². The summed E-state index contributed by atoms with van der Waals surface area (Å²) in [6, 6.07) is 5.76. The number of nitrogens with one attached hydrogen (secondary N) is 1. The predicted molar refractivity (Wildman–Crippen MR) is 80.2 cm³/mol. The molecule has 0 bridgehead atoms. The Bertz CT molecular complexity index is 336. The second-order valence-corrected chi connectivity index (χ2v) is 6.36. The second-order valence-electron chi connectivity index (χ2n) is 5.38. The standard InChI is InChI=1S/C15H26N2S/c1-4-12(3)13-11-17(9-8-16-13)14(5-2)15-7-6-10-18-15/h6-7,10,12-14,16H,4-5,8-9,11H2,1-3H3. The molecule has 3 unspecified atom stereocenters. The Morgan fingerprint density at radius 2 is 2.28 bits per heavy atom. The normalized spacial score (nSPS) is 24.9. The SMILES string of the molecule is CCC(C)C1CN(C(CC)c2cccs2)CCN1. The topological polar surface area (TPSA) is 15.3 Å². The quantitative estimate of drug-likeness (QED) is 0.877. The van der Waals surface area contributed by atoms with E-state index in [9.17, 15) is 0 Å².